The van der Waals surface area contributed by atoms with E-state index in [0.29, 0.717) is 0 Å². The van der Waals surface area contributed by atoms with Gasteiger partial charge in [-0.05, 0) is 0 Å². The molecule has 50 nitrogen and oxygen atoms in total. The monoisotopic (exact) mass is 1500 g/mol. The minimum absolute atomic E-state index is 0.833. The van der Waals surface area contributed by atoms with E-state index in [2.05, 4.69) is 0 Å². The van der Waals surface area contributed by atoms with Gasteiger partial charge in [0, 0.05) is 173 Å². The van der Waals surface area contributed by atoms with Gasteiger partial charge in [-0.1, -0.05) is 0 Å². The van der Waals surface area contributed by atoms with E-state index < -0.39 is 149 Å². The maximum Gasteiger partial charge on any atom is 0.300 e. The number of hydrogen-bond donors (Lipinski definition) is 25. The van der Waals surface area contributed by atoms with Crippen LogP contribution in [0.15, 0.2) is 0 Å². The smallest absolute Gasteiger partial charge is 0.300 e. The van der Waals surface area contributed by atoms with Crippen molar-refractivity contribution in [1.29, 1.82) is 0 Å². The van der Waals surface area contributed by atoms with Gasteiger partial charge in [-0.15, -0.1) is 0 Å². The molecule has 0 heterocycles. The van der Waals surface area contributed by atoms with Gasteiger partial charge in [-0.3, -0.25) is 120 Å². The van der Waals surface area contributed by atoms with Crippen LogP contribution in [0.25, 0.3) is 0 Å². The molecule has 0 bridgehead atoms. The summed E-state index contributed by atoms with van der Waals surface area (Å²) in [6.07, 6.45) is 0. The van der Waals surface area contributed by atoms with E-state index in [1.165, 1.54) is 0 Å². The molecule has 0 radical (unpaired) electrons. The lowest BCUT2D eigenvalue weighted by Gasteiger charge is -1.59. The summed E-state index contributed by atoms with van der Waals surface area (Å²) >= 11 is 0. The van der Waals surface area contributed by atoms with Crippen LogP contribution in [-0.2, 0) is 120 Å². The predicted molar refractivity (Wildman–Crippen MR) is 333 cm³/mol. The Balaban J connectivity index is -0.0000000255. The molecule has 0 unspecified atom stereocenters. The van der Waals surface area contributed by atoms with Gasteiger partial charge in [0.1, 0.15) is 0 Å². The quantitative estimate of drug-likeness (QED) is 0.165. The third-order valence-corrected chi connectivity index (χ3v) is 0. The average molecular weight is 1500 g/mol. The molecule has 600 valence electrons. The molecular formula is C50H100O50. The second-order valence-corrected chi connectivity index (χ2v) is 13.0. The molecule has 0 aromatic heterocycles. The highest BCUT2D eigenvalue weighted by Gasteiger charge is 1.73. The summed E-state index contributed by atoms with van der Waals surface area (Å²) in [7, 11) is 0. The molecule has 0 aromatic rings. The van der Waals surface area contributed by atoms with Crippen LogP contribution in [-0.4, -0.2) is 277 Å². The topological polar surface area (TPSA) is 933 Å². The van der Waals surface area contributed by atoms with E-state index in [1.807, 2.05) is 0 Å². The van der Waals surface area contributed by atoms with E-state index in [-0.39, 0.29) is 0 Å². The van der Waals surface area contributed by atoms with Gasteiger partial charge in [0.05, 0.1) is 0 Å². The van der Waals surface area contributed by atoms with Crippen molar-refractivity contribution >= 4 is 149 Å². The molecule has 0 spiro atoms. The van der Waals surface area contributed by atoms with E-state index in [1.54, 1.807) is 0 Å². The number of carbonyl (C=O) groups is 25. The summed E-state index contributed by atoms with van der Waals surface area (Å²) in [4.78, 5) is 225. The molecule has 0 amide bonds. The molecule has 100 heavy (non-hydrogen) atoms. The lowest BCUT2D eigenvalue weighted by atomic mass is 10.9. The summed E-state index contributed by atoms with van der Waals surface area (Å²) in [6.45, 7) is 27.1. The van der Waals surface area contributed by atoms with Crippen LogP contribution in [0.5, 0.6) is 0 Å². The minimum atomic E-state index is -0.833. The molecule has 0 aliphatic carbocycles. The van der Waals surface area contributed by atoms with Gasteiger partial charge in [0.2, 0.25) is 0 Å². The molecule has 0 fully saturated rings. The number of rotatable bonds is 0. The zero-order chi connectivity index (χ0) is 89.4. The molecule has 0 rings (SSSR count). The average Bonchev–Trinajstić information content (AvgIpc) is 3.15. The Hall–Kier alpha value is -13.2. The number of aliphatic carboxylic acids is 25. The Morgan fingerprint density at radius 2 is 0.0800 bits per heavy atom. The largest absolute Gasteiger partial charge is 0.481 e. The highest BCUT2D eigenvalue weighted by molar-refractivity contribution is 5.68. The summed E-state index contributed by atoms with van der Waals surface area (Å²) in [6, 6.07) is 0. The molecule has 0 saturated carbocycles. The summed E-state index contributed by atoms with van der Waals surface area (Å²) in [5, 5.41) is 185. The maximum absolute atomic E-state index is 9.00. The van der Waals surface area contributed by atoms with Crippen molar-refractivity contribution in [3.05, 3.63) is 0 Å². The van der Waals surface area contributed by atoms with Crippen molar-refractivity contribution in [2.24, 2.45) is 0 Å². The van der Waals surface area contributed by atoms with Crippen LogP contribution in [0.1, 0.15) is 173 Å². The summed E-state index contributed by atoms with van der Waals surface area (Å²) < 4.78 is 0. The minimum Gasteiger partial charge on any atom is -0.481 e. The van der Waals surface area contributed by atoms with E-state index >= 15 is 0 Å². The standard InChI is InChI=1S/25C2H4O2/c25*1-2(3)4/h25*1H3,(H,3,4). The molecule has 0 saturated heterocycles. The van der Waals surface area contributed by atoms with Gasteiger partial charge in [0.25, 0.3) is 149 Å². The predicted octanol–water partition coefficient (Wildman–Crippen LogP) is 2.27. The zero-order valence-electron chi connectivity index (χ0n) is 58.9. The molecule has 0 aromatic carbocycles. The van der Waals surface area contributed by atoms with Crippen LogP contribution in [0.2, 0.25) is 0 Å². The third-order valence-electron chi connectivity index (χ3n) is 0. The first-order valence-electron chi connectivity index (χ1n) is 23.2. The maximum atomic E-state index is 9.00. The molecule has 0 aliphatic heterocycles. The normalized spacial score (nSPS) is 6.25. The lowest BCUT2D eigenvalue weighted by molar-refractivity contribution is -0.135. The molecule has 25 N–H and O–H groups in total. The number of carboxylic acids is 25. The van der Waals surface area contributed by atoms with Gasteiger partial charge < -0.3 is 128 Å². The van der Waals surface area contributed by atoms with Gasteiger partial charge in [-0.25, -0.2) is 0 Å². The van der Waals surface area contributed by atoms with E-state index in [4.69, 9.17) is 248 Å². The van der Waals surface area contributed by atoms with Gasteiger partial charge >= 0.3 is 0 Å². The first-order valence-corrected chi connectivity index (χ1v) is 23.2. The Bertz CT molecular complexity index is 1370. The first-order chi connectivity index (χ1) is 43.3. The van der Waals surface area contributed by atoms with E-state index in [9.17, 15) is 0 Å². The van der Waals surface area contributed by atoms with Crippen LogP contribution < -0.4 is 0 Å². The van der Waals surface area contributed by atoms with Gasteiger partial charge in [-0.2, -0.15) is 0 Å². The fourth-order valence-electron chi connectivity index (χ4n) is 0. The van der Waals surface area contributed by atoms with Crippen LogP contribution in [0, 0.1) is 0 Å². The highest BCUT2D eigenvalue weighted by Crippen LogP contribution is 1.50. The van der Waals surface area contributed by atoms with E-state index in [0.717, 1.165) is 173 Å². The Kier molecular flexibility index (Phi) is 270. The van der Waals surface area contributed by atoms with Crippen molar-refractivity contribution in [3.8, 4) is 0 Å². The van der Waals surface area contributed by atoms with Crippen molar-refractivity contribution in [2.75, 3.05) is 0 Å². The Morgan fingerprint density at radius 3 is 0.0800 bits per heavy atom. The second kappa shape index (κ2) is 162. The lowest BCUT2D eigenvalue weighted by Crippen LogP contribution is -1.78. The highest BCUT2D eigenvalue weighted by atomic mass is 16.4. The third kappa shape index (κ3) is 3390. The molecule has 50 heteroatoms. The van der Waals surface area contributed by atoms with Crippen molar-refractivity contribution in [2.45, 2.75) is 173 Å². The first kappa shape index (κ1) is 167. The van der Waals surface area contributed by atoms with Gasteiger partial charge in [0.15, 0.2) is 0 Å². The Labute approximate surface area is 569 Å². The molecule has 0 atom stereocenters. The van der Waals surface area contributed by atoms with Crippen molar-refractivity contribution in [3.63, 3.8) is 0 Å². The number of hydrogen-bond acceptors (Lipinski definition) is 25. The van der Waals surface area contributed by atoms with Crippen LogP contribution >= 0.6 is 0 Å². The van der Waals surface area contributed by atoms with Crippen LogP contribution in [0.3, 0.4) is 0 Å². The fraction of sp³-hybridized carbons (Fsp3) is 0.500. The fourth-order valence-corrected chi connectivity index (χ4v) is 0. The summed E-state index contributed by atoms with van der Waals surface area (Å²) in [5.74, 6) is -20.8. The SMILES string of the molecule is CC(=O)O.CC(=O)O.CC(=O)O.CC(=O)O.CC(=O)O.CC(=O)O.CC(=O)O.CC(=O)O.CC(=O)O.CC(=O)O.CC(=O)O.CC(=O)O.CC(=O)O.CC(=O)O.CC(=O)O.CC(=O)O.CC(=O)O.CC(=O)O.CC(=O)O.CC(=O)O.CC(=O)O.CC(=O)O.CC(=O)O.CC(=O)O.CC(=O)O. The zero-order valence-corrected chi connectivity index (χ0v) is 58.9. The van der Waals surface area contributed by atoms with Crippen molar-refractivity contribution in [1.82, 2.24) is 0 Å². The van der Waals surface area contributed by atoms with Crippen LogP contribution in [0.4, 0.5) is 0 Å². The number of carboxylic acid groups (broad SMARTS) is 25. The van der Waals surface area contributed by atoms with Crippen molar-refractivity contribution < 1.29 is 248 Å². The second-order valence-electron chi connectivity index (χ2n) is 13.0. The molecule has 0 aliphatic rings. The summed E-state index contributed by atoms with van der Waals surface area (Å²) in [5.41, 5.74) is 0. The molecular weight excluding hydrogens is 1400 g/mol. The Morgan fingerprint density at radius 1 is 0.0800 bits per heavy atom.